The quantitative estimate of drug-likeness (QED) is 0.120. The van der Waals surface area contributed by atoms with E-state index in [0.717, 1.165) is 0 Å². The molecule has 196 valence electrons. The Morgan fingerprint density at radius 1 is 1.18 bits per heavy atom. The van der Waals surface area contributed by atoms with Crippen LogP contribution in [-0.2, 0) is 31.6 Å². The first-order valence-electron chi connectivity index (χ1n) is 8.01. The van der Waals surface area contributed by atoms with E-state index in [1.807, 2.05) is 0 Å². The molecule has 1 saturated heterocycles. The van der Waals surface area contributed by atoms with Crippen molar-refractivity contribution in [2.75, 3.05) is 6.61 Å². The van der Waals surface area contributed by atoms with E-state index in [-0.39, 0.29) is 10.8 Å². The van der Waals surface area contributed by atoms with Crippen LogP contribution in [0.2, 0.25) is 0 Å². The second-order valence-electron chi connectivity index (χ2n) is 6.33. The fraction of sp³-hybridized carbons (Fsp3) is 0.600. The van der Waals surface area contributed by atoms with Crippen molar-refractivity contribution in [2.24, 2.45) is 0 Å². The minimum absolute atomic E-state index is 0.111. The molecule has 0 radical (unpaired) electrons. The summed E-state index contributed by atoms with van der Waals surface area (Å²) in [6.07, 6.45) is -14.1. The molecule has 3 unspecified atom stereocenters. The van der Waals surface area contributed by atoms with E-state index in [1.165, 1.54) is 0 Å². The number of phosphoric ester groups is 1. The average Bonchev–Trinajstić information content (AvgIpc) is 2.85. The van der Waals surface area contributed by atoms with E-state index in [1.54, 1.807) is 4.98 Å². The Kier molecular flexibility index (Phi) is 8.22. The van der Waals surface area contributed by atoms with Crippen LogP contribution in [0.15, 0.2) is 11.0 Å². The minimum atomic E-state index is -5.98. The molecule has 0 spiro atoms. The first kappa shape index (κ1) is 29.3. The fourth-order valence-electron chi connectivity index (χ4n) is 2.59. The number of H-pyrrole nitrogens is 1. The van der Waals surface area contributed by atoms with E-state index in [9.17, 15) is 51.2 Å². The Morgan fingerprint density at radius 2 is 1.74 bits per heavy atom. The number of aliphatic hydroxyl groups is 2. The van der Waals surface area contributed by atoms with Gasteiger partial charge in [0.25, 0.3) is 0 Å². The maximum atomic E-state index is 13.7. The van der Waals surface area contributed by atoms with Gasteiger partial charge in [-0.1, -0.05) is 12.2 Å². The first-order chi connectivity index (χ1) is 15.1. The first-order valence-corrected chi connectivity index (χ1v) is 12.9. The molecular formula is C10H13F4N2O14P3S. The van der Waals surface area contributed by atoms with E-state index in [2.05, 4.69) is 25.4 Å². The molecule has 0 aromatic carbocycles. The van der Waals surface area contributed by atoms with Crippen LogP contribution in [0.25, 0.3) is 0 Å². The molecule has 1 aliphatic heterocycles. The molecule has 0 bridgehead atoms. The van der Waals surface area contributed by atoms with Crippen LogP contribution >= 0.6 is 35.7 Å². The van der Waals surface area contributed by atoms with Gasteiger partial charge in [-0.15, -0.1) is 0 Å². The van der Waals surface area contributed by atoms with E-state index in [0.29, 0.717) is 0 Å². The molecule has 0 saturated carbocycles. The van der Waals surface area contributed by atoms with Crippen LogP contribution in [0.4, 0.5) is 17.6 Å². The molecule has 1 aliphatic rings. The smallest absolute Gasteiger partial charge is 0.387 e. The normalized spacial score (nSPS) is 29.5. The predicted molar refractivity (Wildman–Crippen MR) is 96.6 cm³/mol. The van der Waals surface area contributed by atoms with E-state index >= 15 is 0 Å². The molecule has 16 nitrogen and oxygen atoms in total. The standard InChI is InChI=1S/C10H13F4N2O14P3S/c11-3-1-16(8(18)15-6(3)34)7-9(19,10(12,13)14)5(17)4(28-7)2-27-32(23,24)30-33(25,26)29-31(20,21)22/h1,4-5,7,17,19H,2H2,(H,23,24)(H,25,26)(H,15,18,34)(H2,20,21,22)/t4-,5?,7-,9-/m1/s1. The lowest BCUT2D eigenvalue weighted by Gasteiger charge is -2.33. The summed E-state index contributed by atoms with van der Waals surface area (Å²) in [5.74, 6) is -1.44. The number of nitrogens with zero attached hydrogens (tertiary/aromatic N) is 1. The number of hydrogen-bond donors (Lipinski definition) is 7. The summed E-state index contributed by atoms with van der Waals surface area (Å²) in [6.45, 7) is -1.63. The largest absolute Gasteiger partial charge is 0.490 e. The van der Waals surface area contributed by atoms with Gasteiger partial charge in [0.2, 0.25) is 5.60 Å². The zero-order chi connectivity index (χ0) is 26.5. The molecule has 6 atom stereocenters. The van der Waals surface area contributed by atoms with Gasteiger partial charge < -0.3 is 34.5 Å². The molecule has 2 rings (SSSR count). The van der Waals surface area contributed by atoms with Crippen LogP contribution in [0.5, 0.6) is 0 Å². The number of phosphoric acid groups is 3. The third kappa shape index (κ3) is 6.45. The number of aromatic nitrogens is 2. The van der Waals surface area contributed by atoms with Crippen LogP contribution in [0.1, 0.15) is 6.23 Å². The number of aliphatic hydroxyl groups excluding tert-OH is 1. The highest BCUT2D eigenvalue weighted by Gasteiger charge is 2.71. The number of alkyl halides is 3. The van der Waals surface area contributed by atoms with Gasteiger partial charge in [-0.25, -0.2) is 22.9 Å². The van der Waals surface area contributed by atoms with Crippen molar-refractivity contribution in [3.8, 4) is 0 Å². The maximum absolute atomic E-state index is 13.7. The monoisotopic (exact) mass is 586 g/mol. The molecular weight excluding hydrogens is 573 g/mol. The lowest BCUT2D eigenvalue weighted by molar-refractivity contribution is -0.304. The van der Waals surface area contributed by atoms with Crippen molar-refractivity contribution in [2.45, 2.75) is 30.2 Å². The number of hydrogen-bond acceptors (Lipinski definition) is 11. The van der Waals surface area contributed by atoms with Gasteiger partial charge in [0.15, 0.2) is 12.0 Å². The Hall–Kier alpha value is -0.890. The fourth-order valence-corrected chi connectivity index (χ4v) is 5.76. The molecule has 0 aliphatic carbocycles. The van der Waals surface area contributed by atoms with E-state index < -0.39 is 76.4 Å². The zero-order valence-corrected chi connectivity index (χ0v) is 19.2. The summed E-state index contributed by atoms with van der Waals surface area (Å²) >= 11 is 4.40. The number of aromatic amines is 1. The van der Waals surface area contributed by atoms with E-state index in [4.69, 9.17) is 19.4 Å². The van der Waals surface area contributed by atoms with Gasteiger partial charge in [0.05, 0.1) is 12.8 Å². The SMILES string of the molecule is O=c1[nH]c(=S)c(F)cn1[C@@H]1O[C@H](COP(=O)(O)OP(=O)(O)OP(=O)(O)O)C(O)[C@]1(O)C(F)(F)F. The van der Waals surface area contributed by atoms with Crippen molar-refractivity contribution in [3.63, 3.8) is 0 Å². The van der Waals surface area contributed by atoms with Crippen LogP contribution < -0.4 is 5.69 Å². The number of halogens is 4. The lowest BCUT2D eigenvalue weighted by Crippen LogP contribution is -2.58. The number of rotatable bonds is 8. The van der Waals surface area contributed by atoms with Crippen LogP contribution in [0.3, 0.4) is 0 Å². The van der Waals surface area contributed by atoms with Gasteiger partial charge in [-0.3, -0.25) is 14.1 Å². The lowest BCUT2D eigenvalue weighted by atomic mass is 9.93. The number of ether oxygens (including phenoxy) is 1. The van der Waals surface area contributed by atoms with Crippen LogP contribution in [-0.4, -0.2) is 69.9 Å². The van der Waals surface area contributed by atoms with Gasteiger partial charge in [-0.05, 0) is 0 Å². The second kappa shape index (κ2) is 9.53. The highest BCUT2D eigenvalue weighted by atomic mass is 32.1. The molecule has 1 aromatic heterocycles. The van der Waals surface area contributed by atoms with Gasteiger partial charge >= 0.3 is 35.3 Å². The van der Waals surface area contributed by atoms with Crippen molar-refractivity contribution in [1.82, 2.24) is 9.55 Å². The Morgan fingerprint density at radius 3 is 2.24 bits per heavy atom. The Bertz CT molecular complexity index is 1200. The molecule has 2 heterocycles. The average molecular weight is 586 g/mol. The molecule has 0 amide bonds. The molecule has 1 fully saturated rings. The minimum Gasteiger partial charge on any atom is -0.387 e. The maximum Gasteiger partial charge on any atom is 0.490 e. The third-order valence-corrected chi connectivity index (χ3v) is 8.03. The highest BCUT2D eigenvalue weighted by molar-refractivity contribution is 7.71. The Balaban J connectivity index is 2.33. The molecule has 1 aromatic rings. The number of nitrogens with one attached hydrogen (secondary N) is 1. The third-order valence-electron chi connectivity index (χ3n) is 3.93. The molecule has 24 heteroatoms. The van der Waals surface area contributed by atoms with Crippen LogP contribution in [0, 0.1) is 10.5 Å². The molecule has 7 N–H and O–H groups in total. The van der Waals surface area contributed by atoms with Crippen molar-refractivity contribution >= 4 is 35.7 Å². The topological polar surface area (TPSA) is 247 Å². The van der Waals surface area contributed by atoms with Gasteiger partial charge in [0, 0.05) is 0 Å². The summed E-state index contributed by atoms with van der Waals surface area (Å²) in [6, 6.07) is 0. The zero-order valence-electron chi connectivity index (χ0n) is 15.7. The summed E-state index contributed by atoms with van der Waals surface area (Å²) in [5, 5.41) is 20.2. The van der Waals surface area contributed by atoms with Crippen molar-refractivity contribution < 1.29 is 78.9 Å². The van der Waals surface area contributed by atoms with Gasteiger partial charge in [0.1, 0.15) is 16.8 Å². The molecule has 34 heavy (non-hydrogen) atoms. The Labute approximate surface area is 188 Å². The highest BCUT2D eigenvalue weighted by Crippen LogP contribution is 2.66. The summed E-state index contributed by atoms with van der Waals surface area (Å²) < 4.78 is 103. The summed E-state index contributed by atoms with van der Waals surface area (Å²) in [5.41, 5.74) is -5.87. The predicted octanol–water partition coefficient (Wildman–Crippen LogP) is -0.0600. The van der Waals surface area contributed by atoms with Gasteiger partial charge in [-0.2, -0.15) is 21.8 Å². The summed E-state index contributed by atoms with van der Waals surface area (Å²) in [4.78, 5) is 48.9. The summed E-state index contributed by atoms with van der Waals surface area (Å²) in [7, 11) is -17.6. The van der Waals surface area contributed by atoms with Crippen molar-refractivity contribution in [3.05, 3.63) is 27.1 Å². The van der Waals surface area contributed by atoms with Crippen molar-refractivity contribution in [1.29, 1.82) is 0 Å². The second-order valence-corrected chi connectivity index (χ2v) is 11.2.